The van der Waals surface area contributed by atoms with E-state index in [0.717, 1.165) is 24.2 Å². The Morgan fingerprint density at radius 3 is 2.46 bits per heavy atom. The first-order chi connectivity index (χ1) is 13.7. The van der Waals surface area contributed by atoms with Crippen molar-refractivity contribution in [2.45, 2.75) is 31.7 Å². The molecule has 1 atom stereocenters. The summed E-state index contributed by atoms with van der Waals surface area (Å²) >= 11 is 0. The smallest absolute Gasteiger partial charge is 0.268 e. The first kappa shape index (κ1) is 18.2. The van der Waals surface area contributed by atoms with Crippen molar-refractivity contribution in [1.82, 2.24) is 5.32 Å². The maximum absolute atomic E-state index is 12.9. The van der Waals surface area contributed by atoms with E-state index in [0.29, 0.717) is 23.7 Å². The zero-order chi connectivity index (χ0) is 19.5. The lowest BCUT2D eigenvalue weighted by Gasteiger charge is -2.25. The lowest BCUT2D eigenvalue weighted by atomic mass is 10.0. The van der Waals surface area contributed by atoms with Crippen molar-refractivity contribution in [2.24, 2.45) is 11.0 Å². The number of ether oxygens (including phenoxy) is 1. The van der Waals surface area contributed by atoms with Gasteiger partial charge in [0.2, 0.25) is 5.91 Å². The number of carbonyl (C=O) groups is 2. The SMILES string of the molecule is COc1ccc(C(NC(=O)C2=NN(c3ccccc3)C(=O)CC2)C2CC2)cc1. The van der Waals surface area contributed by atoms with Gasteiger partial charge < -0.3 is 10.1 Å². The minimum Gasteiger partial charge on any atom is -0.497 e. The molecule has 6 nitrogen and oxygen atoms in total. The van der Waals surface area contributed by atoms with Crippen LogP contribution in [0.25, 0.3) is 0 Å². The average molecular weight is 377 g/mol. The number of amides is 2. The Labute approximate surface area is 164 Å². The van der Waals surface area contributed by atoms with Gasteiger partial charge in [0.25, 0.3) is 5.91 Å². The third kappa shape index (κ3) is 3.91. The van der Waals surface area contributed by atoms with Crippen LogP contribution in [0.3, 0.4) is 0 Å². The molecule has 0 radical (unpaired) electrons. The third-order valence-corrected chi connectivity index (χ3v) is 5.15. The maximum Gasteiger partial charge on any atom is 0.268 e. The van der Waals surface area contributed by atoms with Gasteiger partial charge >= 0.3 is 0 Å². The summed E-state index contributed by atoms with van der Waals surface area (Å²) in [6.07, 6.45) is 2.82. The van der Waals surface area contributed by atoms with Gasteiger partial charge in [-0.2, -0.15) is 5.10 Å². The summed E-state index contributed by atoms with van der Waals surface area (Å²) in [6, 6.07) is 16.9. The van der Waals surface area contributed by atoms with Crippen LogP contribution in [-0.2, 0) is 9.59 Å². The normalized spacial score (nSPS) is 17.7. The Balaban J connectivity index is 1.53. The Kier molecular flexibility index (Phi) is 5.10. The largest absolute Gasteiger partial charge is 0.497 e. The van der Waals surface area contributed by atoms with Gasteiger partial charge in [0.05, 0.1) is 18.8 Å². The first-order valence-electron chi connectivity index (χ1n) is 9.56. The van der Waals surface area contributed by atoms with Crippen LogP contribution in [-0.4, -0.2) is 24.6 Å². The molecule has 2 aliphatic rings. The van der Waals surface area contributed by atoms with Crippen molar-refractivity contribution in [3.63, 3.8) is 0 Å². The maximum atomic E-state index is 12.9. The summed E-state index contributed by atoms with van der Waals surface area (Å²) in [6.45, 7) is 0. The van der Waals surface area contributed by atoms with Crippen LogP contribution in [0.2, 0.25) is 0 Å². The van der Waals surface area contributed by atoms with Gasteiger partial charge in [-0.05, 0) is 48.6 Å². The van der Waals surface area contributed by atoms with Crippen LogP contribution >= 0.6 is 0 Å². The molecule has 28 heavy (non-hydrogen) atoms. The monoisotopic (exact) mass is 377 g/mol. The number of nitrogens with zero attached hydrogens (tertiary/aromatic N) is 2. The predicted molar refractivity (Wildman–Crippen MR) is 107 cm³/mol. The summed E-state index contributed by atoms with van der Waals surface area (Å²) in [5.74, 6) is 0.921. The van der Waals surface area contributed by atoms with Crippen molar-refractivity contribution in [3.05, 3.63) is 60.2 Å². The Hall–Kier alpha value is -3.15. The molecule has 2 amide bonds. The second kappa shape index (κ2) is 7.84. The van der Waals surface area contributed by atoms with Gasteiger partial charge in [-0.3, -0.25) is 9.59 Å². The highest BCUT2D eigenvalue weighted by Gasteiger charge is 2.35. The fourth-order valence-corrected chi connectivity index (χ4v) is 3.43. The Morgan fingerprint density at radius 2 is 1.82 bits per heavy atom. The molecule has 6 heteroatoms. The molecule has 4 rings (SSSR count). The van der Waals surface area contributed by atoms with E-state index in [1.54, 1.807) is 7.11 Å². The number of methoxy groups -OCH3 is 1. The first-order valence-corrected chi connectivity index (χ1v) is 9.56. The van der Waals surface area contributed by atoms with Gasteiger partial charge in [0.1, 0.15) is 11.5 Å². The molecule has 0 aromatic heterocycles. The van der Waals surface area contributed by atoms with Crippen LogP contribution in [0.1, 0.15) is 37.3 Å². The van der Waals surface area contributed by atoms with E-state index >= 15 is 0 Å². The van der Waals surface area contributed by atoms with Crippen molar-refractivity contribution < 1.29 is 14.3 Å². The number of hydrogen-bond donors (Lipinski definition) is 1. The molecule has 0 saturated heterocycles. The molecule has 1 aliphatic heterocycles. The molecule has 1 unspecified atom stereocenters. The third-order valence-electron chi connectivity index (χ3n) is 5.15. The van der Waals surface area contributed by atoms with Crippen molar-refractivity contribution in [2.75, 3.05) is 12.1 Å². The summed E-state index contributed by atoms with van der Waals surface area (Å²) in [7, 11) is 1.64. The molecule has 0 spiro atoms. The van der Waals surface area contributed by atoms with Crippen LogP contribution in [0.4, 0.5) is 5.69 Å². The minimum absolute atomic E-state index is 0.0519. The lowest BCUT2D eigenvalue weighted by molar-refractivity contribution is -0.119. The fraction of sp³-hybridized carbons (Fsp3) is 0.318. The second-order valence-corrected chi connectivity index (χ2v) is 7.15. The van der Waals surface area contributed by atoms with Crippen LogP contribution < -0.4 is 15.1 Å². The lowest BCUT2D eigenvalue weighted by Crippen LogP contribution is -2.40. The quantitative estimate of drug-likeness (QED) is 0.838. The molecular formula is C22H23N3O3. The molecule has 2 aromatic carbocycles. The van der Waals surface area contributed by atoms with Crippen LogP contribution in [0, 0.1) is 5.92 Å². The molecule has 2 aromatic rings. The molecule has 0 bridgehead atoms. The van der Waals surface area contributed by atoms with Gasteiger partial charge in [0, 0.05) is 12.8 Å². The van der Waals surface area contributed by atoms with E-state index < -0.39 is 0 Å². The van der Waals surface area contributed by atoms with Gasteiger partial charge in [-0.25, -0.2) is 5.01 Å². The fourth-order valence-electron chi connectivity index (χ4n) is 3.43. The number of hydrogen-bond acceptors (Lipinski definition) is 4. The number of rotatable bonds is 6. The highest BCUT2D eigenvalue weighted by atomic mass is 16.5. The van der Waals surface area contributed by atoms with E-state index in [1.807, 2.05) is 54.6 Å². The van der Waals surface area contributed by atoms with Crippen molar-refractivity contribution in [3.8, 4) is 5.75 Å². The summed E-state index contributed by atoms with van der Waals surface area (Å²) in [5, 5.41) is 8.83. The summed E-state index contributed by atoms with van der Waals surface area (Å²) in [4.78, 5) is 25.2. The van der Waals surface area contributed by atoms with Crippen molar-refractivity contribution >= 4 is 23.2 Å². The topological polar surface area (TPSA) is 71.0 Å². The number of anilines is 1. The van der Waals surface area contributed by atoms with E-state index in [4.69, 9.17) is 4.74 Å². The second-order valence-electron chi connectivity index (χ2n) is 7.15. The number of carbonyl (C=O) groups excluding carboxylic acids is 2. The molecule has 1 aliphatic carbocycles. The summed E-state index contributed by atoms with van der Waals surface area (Å²) in [5.41, 5.74) is 2.12. The van der Waals surface area contributed by atoms with Gasteiger partial charge in [-0.15, -0.1) is 0 Å². The minimum atomic E-state index is -0.207. The van der Waals surface area contributed by atoms with E-state index in [9.17, 15) is 9.59 Å². The van der Waals surface area contributed by atoms with Gasteiger partial charge in [-0.1, -0.05) is 30.3 Å². The standard InChI is InChI=1S/C22H23N3O3/c1-28-18-11-9-16(10-12-18)21(15-7-8-15)23-22(27)19-13-14-20(26)25(24-19)17-5-3-2-4-6-17/h2-6,9-12,15,21H,7-8,13-14H2,1H3,(H,23,27). The van der Waals surface area contributed by atoms with E-state index in [-0.39, 0.29) is 24.3 Å². The molecule has 1 heterocycles. The number of hydrazone groups is 1. The highest BCUT2D eigenvalue weighted by molar-refractivity contribution is 6.40. The molecular weight excluding hydrogens is 354 g/mol. The summed E-state index contributed by atoms with van der Waals surface area (Å²) < 4.78 is 5.22. The average Bonchev–Trinajstić information content (AvgIpc) is 3.58. The zero-order valence-corrected chi connectivity index (χ0v) is 15.8. The highest BCUT2D eigenvalue weighted by Crippen LogP contribution is 2.41. The van der Waals surface area contributed by atoms with Gasteiger partial charge in [0.15, 0.2) is 0 Å². The predicted octanol–water partition coefficient (Wildman–Crippen LogP) is 3.45. The Bertz CT molecular complexity index is 889. The molecule has 1 fully saturated rings. The van der Waals surface area contributed by atoms with Crippen molar-refractivity contribution in [1.29, 1.82) is 0 Å². The van der Waals surface area contributed by atoms with E-state index in [1.165, 1.54) is 5.01 Å². The molecule has 1 saturated carbocycles. The number of nitrogens with one attached hydrogen (secondary N) is 1. The van der Waals surface area contributed by atoms with Crippen LogP contribution in [0.15, 0.2) is 59.7 Å². The number of para-hydroxylation sites is 1. The van der Waals surface area contributed by atoms with E-state index in [2.05, 4.69) is 10.4 Å². The molecule has 1 N–H and O–H groups in total. The number of benzene rings is 2. The zero-order valence-electron chi connectivity index (χ0n) is 15.8. The molecule has 144 valence electrons. The Morgan fingerprint density at radius 1 is 1.11 bits per heavy atom. The van der Waals surface area contributed by atoms with Crippen LogP contribution in [0.5, 0.6) is 5.75 Å².